The van der Waals surface area contributed by atoms with Crippen LogP contribution in [0.5, 0.6) is 5.75 Å². The molecule has 4 nitrogen and oxygen atoms in total. The number of amides is 1. The molecule has 1 aliphatic rings. The van der Waals surface area contributed by atoms with Crippen LogP contribution in [-0.2, 0) is 9.53 Å². The Labute approximate surface area is 120 Å². The normalized spacial score (nSPS) is 16.4. The Morgan fingerprint density at radius 1 is 1.30 bits per heavy atom. The third-order valence-corrected chi connectivity index (χ3v) is 3.96. The molecule has 110 valence electrons. The maximum absolute atomic E-state index is 12.3. The summed E-state index contributed by atoms with van der Waals surface area (Å²) in [7, 11) is 1.59. The number of rotatable bonds is 6. The SMILES string of the molecule is CCC(=O)N(c1ccc(OCOC)cc1)C1(C)CCC1. The predicted molar refractivity (Wildman–Crippen MR) is 79.0 cm³/mol. The molecular weight excluding hydrogens is 254 g/mol. The van der Waals surface area contributed by atoms with Gasteiger partial charge in [0, 0.05) is 24.8 Å². The van der Waals surface area contributed by atoms with Gasteiger partial charge in [-0.3, -0.25) is 4.79 Å². The van der Waals surface area contributed by atoms with E-state index in [2.05, 4.69) is 6.92 Å². The van der Waals surface area contributed by atoms with Crippen LogP contribution in [0.15, 0.2) is 24.3 Å². The van der Waals surface area contributed by atoms with Crippen molar-refractivity contribution in [2.45, 2.75) is 45.1 Å². The Bertz CT molecular complexity index is 451. The third kappa shape index (κ3) is 2.96. The smallest absolute Gasteiger partial charge is 0.227 e. The van der Waals surface area contributed by atoms with Crippen molar-refractivity contribution in [2.24, 2.45) is 0 Å². The molecule has 0 aliphatic heterocycles. The molecule has 1 fully saturated rings. The highest BCUT2D eigenvalue weighted by molar-refractivity contribution is 5.94. The summed E-state index contributed by atoms with van der Waals surface area (Å²) in [5, 5.41) is 0. The summed E-state index contributed by atoms with van der Waals surface area (Å²) < 4.78 is 10.3. The summed E-state index contributed by atoms with van der Waals surface area (Å²) in [5.41, 5.74) is 0.922. The molecule has 1 aromatic carbocycles. The van der Waals surface area contributed by atoms with Crippen LogP contribution in [0.4, 0.5) is 5.69 Å². The topological polar surface area (TPSA) is 38.8 Å². The van der Waals surface area contributed by atoms with E-state index in [1.807, 2.05) is 36.1 Å². The number of carbonyl (C=O) groups excluding carboxylic acids is 1. The average molecular weight is 277 g/mol. The molecule has 0 aromatic heterocycles. The molecular formula is C16H23NO3. The summed E-state index contributed by atoms with van der Waals surface area (Å²) >= 11 is 0. The van der Waals surface area contributed by atoms with Gasteiger partial charge in [0.15, 0.2) is 6.79 Å². The largest absolute Gasteiger partial charge is 0.468 e. The van der Waals surface area contributed by atoms with Crippen LogP contribution in [-0.4, -0.2) is 25.3 Å². The van der Waals surface area contributed by atoms with Gasteiger partial charge in [-0.15, -0.1) is 0 Å². The molecule has 1 aliphatic carbocycles. The minimum atomic E-state index is -0.0258. The lowest BCUT2D eigenvalue weighted by Gasteiger charge is -2.48. The van der Waals surface area contributed by atoms with Gasteiger partial charge in [-0.05, 0) is 50.5 Å². The Kier molecular flexibility index (Phi) is 4.65. The van der Waals surface area contributed by atoms with Gasteiger partial charge < -0.3 is 14.4 Å². The van der Waals surface area contributed by atoms with Crippen molar-refractivity contribution in [1.29, 1.82) is 0 Å². The maximum Gasteiger partial charge on any atom is 0.227 e. The van der Waals surface area contributed by atoms with E-state index in [1.165, 1.54) is 6.42 Å². The molecule has 1 amide bonds. The molecule has 0 saturated heterocycles. The highest BCUT2D eigenvalue weighted by atomic mass is 16.7. The van der Waals surface area contributed by atoms with E-state index in [9.17, 15) is 4.79 Å². The van der Waals surface area contributed by atoms with Crippen LogP contribution >= 0.6 is 0 Å². The lowest BCUT2D eigenvalue weighted by atomic mass is 9.76. The molecule has 0 spiro atoms. The number of benzene rings is 1. The minimum absolute atomic E-state index is 0.0258. The van der Waals surface area contributed by atoms with Gasteiger partial charge in [0.1, 0.15) is 5.75 Å². The fourth-order valence-electron chi connectivity index (χ4n) is 2.65. The molecule has 20 heavy (non-hydrogen) atoms. The standard InChI is InChI=1S/C16H23NO3/c1-4-15(18)17(16(2)10-5-11-16)13-6-8-14(9-7-13)20-12-19-3/h6-9H,4-5,10-12H2,1-3H3. The number of anilines is 1. The first kappa shape index (κ1) is 14.9. The fourth-order valence-corrected chi connectivity index (χ4v) is 2.65. The van der Waals surface area contributed by atoms with Crippen molar-refractivity contribution in [1.82, 2.24) is 0 Å². The lowest BCUT2D eigenvalue weighted by molar-refractivity contribution is -0.120. The van der Waals surface area contributed by atoms with Crippen LogP contribution in [0, 0.1) is 0 Å². The Morgan fingerprint density at radius 3 is 2.40 bits per heavy atom. The van der Waals surface area contributed by atoms with E-state index < -0.39 is 0 Å². The highest BCUT2D eigenvalue weighted by Crippen LogP contribution is 2.40. The quantitative estimate of drug-likeness (QED) is 0.748. The van der Waals surface area contributed by atoms with Crippen molar-refractivity contribution >= 4 is 11.6 Å². The number of ether oxygens (including phenoxy) is 2. The number of methoxy groups -OCH3 is 1. The molecule has 1 aromatic rings. The summed E-state index contributed by atoms with van der Waals surface area (Å²) in [6.07, 6.45) is 3.86. The first-order valence-electron chi connectivity index (χ1n) is 7.15. The van der Waals surface area contributed by atoms with Crippen LogP contribution < -0.4 is 9.64 Å². The van der Waals surface area contributed by atoms with Gasteiger partial charge in [0.2, 0.25) is 5.91 Å². The van der Waals surface area contributed by atoms with E-state index in [0.29, 0.717) is 6.42 Å². The molecule has 0 unspecified atom stereocenters. The van der Waals surface area contributed by atoms with E-state index in [0.717, 1.165) is 24.3 Å². The van der Waals surface area contributed by atoms with E-state index >= 15 is 0 Å². The second-order valence-electron chi connectivity index (χ2n) is 5.48. The zero-order valence-corrected chi connectivity index (χ0v) is 12.5. The molecule has 1 saturated carbocycles. The van der Waals surface area contributed by atoms with E-state index in [-0.39, 0.29) is 18.2 Å². The first-order chi connectivity index (χ1) is 9.60. The van der Waals surface area contributed by atoms with Crippen molar-refractivity contribution in [3.8, 4) is 5.75 Å². The second kappa shape index (κ2) is 6.27. The molecule has 0 N–H and O–H groups in total. The number of carbonyl (C=O) groups is 1. The maximum atomic E-state index is 12.3. The number of hydrogen-bond acceptors (Lipinski definition) is 3. The zero-order valence-electron chi connectivity index (χ0n) is 12.5. The van der Waals surface area contributed by atoms with Crippen molar-refractivity contribution < 1.29 is 14.3 Å². The van der Waals surface area contributed by atoms with Gasteiger partial charge in [-0.1, -0.05) is 6.92 Å². The fraction of sp³-hybridized carbons (Fsp3) is 0.562. The summed E-state index contributed by atoms with van der Waals surface area (Å²) in [6, 6.07) is 7.66. The zero-order chi connectivity index (χ0) is 14.6. The summed E-state index contributed by atoms with van der Waals surface area (Å²) in [5.74, 6) is 0.927. The predicted octanol–water partition coefficient (Wildman–Crippen LogP) is 3.35. The van der Waals surface area contributed by atoms with E-state index in [4.69, 9.17) is 9.47 Å². The third-order valence-electron chi connectivity index (χ3n) is 3.96. The van der Waals surface area contributed by atoms with Gasteiger partial charge >= 0.3 is 0 Å². The number of hydrogen-bond donors (Lipinski definition) is 0. The number of nitrogens with zero attached hydrogens (tertiary/aromatic N) is 1. The van der Waals surface area contributed by atoms with Crippen LogP contribution in [0.2, 0.25) is 0 Å². The molecule has 0 radical (unpaired) electrons. The minimum Gasteiger partial charge on any atom is -0.468 e. The highest BCUT2D eigenvalue weighted by Gasteiger charge is 2.40. The Balaban J connectivity index is 2.18. The molecule has 4 heteroatoms. The van der Waals surface area contributed by atoms with Gasteiger partial charge in [-0.25, -0.2) is 0 Å². The molecule has 0 heterocycles. The van der Waals surface area contributed by atoms with Gasteiger partial charge in [-0.2, -0.15) is 0 Å². The van der Waals surface area contributed by atoms with Crippen LogP contribution in [0.1, 0.15) is 39.5 Å². The van der Waals surface area contributed by atoms with Gasteiger partial charge in [0.25, 0.3) is 0 Å². The van der Waals surface area contributed by atoms with Crippen LogP contribution in [0.25, 0.3) is 0 Å². The molecule has 0 atom stereocenters. The summed E-state index contributed by atoms with van der Waals surface area (Å²) in [6.45, 7) is 4.31. The van der Waals surface area contributed by atoms with Crippen LogP contribution in [0.3, 0.4) is 0 Å². The van der Waals surface area contributed by atoms with Crippen molar-refractivity contribution in [3.05, 3.63) is 24.3 Å². The average Bonchev–Trinajstić information content (AvgIpc) is 2.44. The van der Waals surface area contributed by atoms with Gasteiger partial charge in [0.05, 0.1) is 0 Å². The molecule has 2 rings (SSSR count). The summed E-state index contributed by atoms with van der Waals surface area (Å²) in [4.78, 5) is 14.2. The first-order valence-corrected chi connectivity index (χ1v) is 7.15. The van der Waals surface area contributed by atoms with Crippen molar-refractivity contribution in [3.63, 3.8) is 0 Å². The monoisotopic (exact) mass is 277 g/mol. The second-order valence-corrected chi connectivity index (χ2v) is 5.48. The Morgan fingerprint density at radius 2 is 1.95 bits per heavy atom. The Hall–Kier alpha value is -1.55. The van der Waals surface area contributed by atoms with Crippen molar-refractivity contribution in [2.75, 3.05) is 18.8 Å². The lowest BCUT2D eigenvalue weighted by Crippen LogP contribution is -2.54. The van der Waals surface area contributed by atoms with E-state index in [1.54, 1.807) is 7.11 Å². The molecule has 0 bridgehead atoms.